The van der Waals surface area contributed by atoms with Crippen molar-refractivity contribution >= 4 is 17.3 Å². The molecule has 1 aliphatic rings. The molecule has 0 bridgehead atoms. The lowest BCUT2D eigenvalue weighted by Crippen LogP contribution is -2.25. The number of rotatable bonds is 3. The topological polar surface area (TPSA) is 33.6 Å². The van der Waals surface area contributed by atoms with E-state index in [0.29, 0.717) is 6.61 Å². The summed E-state index contributed by atoms with van der Waals surface area (Å²) in [4.78, 5) is 4.79. The van der Waals surface area contributed by atoms with Gasteiger partial charge >= 0.3 is 0 Å². The molecule has 1 atom stereocenters. The van der Waals surface area contributed by atoms with Crippen LogP contribution in [0.25, 0.3) is 0 Å². The van der Waals surface area contributed by atoms with E-state index in [9.17, 15) is 0 Å². The van der Waals surface area contributed by atoms with Gasteiger partial charge in [-0.15, -0.1) is 0 Å². The molecule has 0 aromatic heterocycles. The van der Waals surface area contributed by atoms with Crippen LogP contribution >= 0.6 is 0 Å². The van der Waals surface area contributed by atoms with E-state index in [0.717, 1.165) is 22.8 Å². The maximum absolute atomic E-state index is 5.87. The van der Waals surface area contributed by atoms with Crippen molar-refractivity contribution < 1.29 is 4.74 Å². The second-order valence-corrected chi connectivity index (χ2v) is 6.66. The van der Waals surface area contributed by atoms with Gasteiger partial charge in [-0.25, -0.2) is 4.99 Å². The monoisotopic (exact) mass is 294 g/mol. The van der Waals surface area contributed by atoms with Crippen LogP contribution in [0.5, 0.6) is 0 Å². The Hall–Kier alpha value is -2.29. The van der Waals surface area contributed by atoms with Gasteiger partial charge in [0.2, 0.25) is 5.90 Å². The maximum atomic E-state index is 5.87. The predicted octanol–water partition coefficient (Wildman–Crippen LogP) is 4.62. The van der Waals surface area contributed by atoms with Gasteiger partial charge in [0.15, 0.2) is 0 Å². The van der Waals surface area contributed by atoms with Crippen LogP contribution in [-0.4, -0.2) is 18.5 Å². The summed E-state index contributed by atoms with van der Waals surface area (Å²) in [6.07, 6.45) is 0. The number of para-hydroxylation sites is 2. The van der Waals surface area contributed by atoms with Gasteiger partial charge in [0.1, 0.15) is 6.61 Å². The largest absolute Gasteiger partial charge is 0.475 e. The van der Waals surface area contributed by atoms with Crippen LogP contribution in [0.2, 0.25) is 0 Å². The molecule has 0 saturated carbocycles. The minimum absolute atomic E-state index is 0.115. The Bertz CT molecular complexity index is 671. The number of anilines is 2. The third-order valence-corrected chi connectivity index (χ3v) is 3.86. The van der Waals surface area contributed by atoms with E-state index in [2.05, 4.69) is 38.2 Å². The van der Waals surface area contributed by atoms with Crippen LogP contribution in [0, 0.1) is 5.41 Å². The zero-order valence-electron chi connectivity index (χ0n) is 13.3. The van der Waals surface area contributed by atoms with Gasteiger partial charge < -0.3 is 10.1 Å². The molecule has 3 nitrogen and oxygen atoms in total. The van der Waals surface area contributed by atoms with Crippen molar-refractivity contribution in [3.8, 4) is 0 Å². The molecule has 22 heavy (non-hydrogen) atoms. The molecule has 0 radical (unpaired) electrons. The molecule has 1 aliphatic heterocycles. The van der Waals surface area contributed by atoms with E-state index < -0.39 is 0 Å². The summed E-state index contributed by atoms with van der Waals surface area (Å²) in [5.74, 6) is 0.735. The van der Waals surface area contributed by atoms with Gasteiger partial charge in [0, 0.05) is 5.69 Å². The standard InChI is InChI=1S/C19H22N2O/c1-19(2,3)17-13-22-18(21-17)15-11-7-8-12-16(15)20-14-9-5-4-6-10-14/h4-12,17,20H,13H2,1-3H3/t17-/m0/s1. The van der Waals surface area contributed by atoms with Gasteiger partial charge in [-0.2, -0.15) is 0 Å². The number of nitrogens with one attached hydrogen (secondary N) is 1. The Balaban J connectivity index is 1.89. The van der Waals surface area contributed by atoms with Crippen molar-refractivity contribution in [3.63, 3.8) is 0 Å². The number of aliphatic imine (C=N–C) groups is 1. The van der Waals surface area contributed by atoms with Crippen LogP contribution in [0.1, 0.15) is 26.3 Å². The third kappa shape index (κ3) is 3.14. The predicted molar refractivity (Wildman–Crippen MR) is 91.9 cm³/mol. The molecule has 0 saturated heterocycles. The molecule has 0 fully saturated rings. The van der Waals surface area contributed by atoms with E-state index in [1.807, 2.05) is 42.5 Å². The fourth-order valence-electron chi connectivity index (χ4n) is 2.42. The Labute approximate surface area is 132 Å². The molecule has 0 unspecified atom stereocenters. The molecule has 0 aliphatic carbocycles. The summed E-state index contributed by atoms with van der Waals surface area (Å²) >= 11 is 0. The van der Waals surface area contributed by atoms with E-state index in [-0.39, 0.29) is 11.5 Å². The molecule has 1 heterocycles. The number of ether oxygens (including phenoxy) is 1. The van der Waals surface area contributed by atoms with Gasteiger partial charge in [-0.05, 0) is 29.7 Å². The summed E-state index contributed by atoms with van der Waals surface area (Å²) in [6.45, 7) is 7.24. The first-order valence-corrected chi connectivity index (χ1v) is 7.66. The Morgan fingerprint density at radius 3 is 2.36 bits per heavy atom. The molecule has 0 spiro atoms. The number of hydrogen-bond donors (Lipinski definition) is 1. The molecule has 1 N–H and O–H groups in total. The van der Waals surface area contributed by atoms with E-state index >= 15 is 0 Å². The highest BCUT2D eigenvalue weighted by Crippen LogP contribution is 2.30. The molecule has 114 valence electrons. The molecular weight excluding hydrogens is 272 g/mol. The van der Waals surface area contributed by atoms with Crippen LogP contribution < -0.4 is 5.32 Å². The normalized spacial score (nSPS) is 17.8. The summed E-state index contributed by atoms with van der Waals surface area (Å²) in [6, 6.07) is 18.5. The first-order chi connectivity index (χ1) is 10.5. The van der Waals surface area contributed by atoms with Crippen molar-refractivity contribution in [2.24, 2.45) is 10.4 Å². The van der Waals surface area contributed by atoms with Gasteiger partial charge in [-0.3, -0.25) is 0 Å². The zero-order chi connectivity index (χ0) is 15.6. The SMILES string of the molecule is CC(C)(C)[C@@H]1COC(c2ccccc2Nc2ccccc2)=N1. The Morgan fingerprint density at radius 1 is 1.00 bits per heavy atom. The van der Waals surface area contributed by atoms with Gasteiger partial charge in [-0.1, -0.05) is 51.1 Å². The molecule has 2 aromatic carbocycles. The number of nitrogens with zero attached hydrogens (tertiary/aromatic N) is 1. The quantitative estimate of drug-likeness (QED) is 0.896. The van der Waals surface area contributed by atoms with Crippen LogP contribution in [-0.2, 0) is 4.74 Å². The Kier molecular flexibility index (Phi) is 3.88. The van der Waals surface area contributed by atoms with E-state index in [4.69, 9.17) is 9.73 Å². The molecule has 0 amide bonds. The molecular formula is C19H22N2O. The zero-order valence-corrected chi connectivity index (χ0v) is 13.3. The van der Waals surface area contributed by atoms with Gasteiger partial charge in [0.25, 0.3) is 0 Å². The lowest BCUT2D eigenvalue weighted by atomic mass is 9.88. The van der Waals surface area contributed by atoms with E-state index in [1.165, 1.54) is 0 Å². The molecule has 3 heteroatoms. The lowest BCUT2D eigenvalue weighted by molar-refractivity contribution is 0.236. The minimum Gasteiger partial charge on any atom is -0.475 e. The smallest absolute Gasteiger partial charge is 0.218 e. The van der Waals surface area contributed by atoms with Crippen molar-refractivity contribution in [1.29, 1.82) is 0 Å². The second kappa shape index (κ2) is 5.84. The van der Waals surface area contributed by atoms with Crippen molar-refractivity contribution in [3.05, 3.63) is 60.2 Å². The third-order valence-electron chi connectivity index (χ3n) is 3.86. The average molecular weight is 294 g/mol. The number of hydrogen-bond acceptors (Lipinski definition) is 3. The average Bonchev–Trinajstić information content (AvgIpc) is 2.99. The highest BCUT2D eigenvalue weighted by atomic mass is 16.5. The lowest BCUT2D eigenvalue weighted by Gasteiger charge is -2.21. The molecule has 3 rings (SSSR count). The first kappa shape index (κ1) is 14.6. The van der Waals surface area contributed by atoms with Crippen LogP contribution in [0.4, 0.5) is 11.4 Å². The summed E-state index contributed by atoms with van der Waals surface area (Å²) < 4.78 is 5.87. The van der Waals surface area contributed by atoms with Crippen LogP contribution in [0.3, 0.4) is 0 Å². The highest BCUT2D eigenvalue weighted by molar-refractivity contribution is 6.01. The highest BCUT2D eigenvalue weighted by Gasteiger charge is 2.31. The van der Waals surface area contributed by atoms with Crippen LogP contribution in [0.15, 0.2) is 59.6 Å². The molecule has 2 aromatic rings. The Morgan fingerprint density at radius 2 is 1.68 bits per heavy atom. The van der Waals surface area contributed by atoms with Crippen molar-refractivity contribution in [2.75, 3.05) is 11.9 Å². The summed E-state index contributed by atoms with van der Waals surface area (Å²) in [5, 5.41) is 3.44. The van der Waals surface area contributed by atoms with Gasteiger partial charge in [0.05, 0.1) is 17.3 Å². The summed E-state index contributed by atoms with van der Waals surface area (Å²) in [5.41, 5.74) is 3.20. The van der Waals surface area contributed by atoms with E-state index in [1.54, 1.807) is 0 Å². The fourth-order valence-corrected chi connectivity index (χ4v) is 2.42. The summed E-state index contributed by atoms with van der Waals surface area (Å²) in [7, 11) is 0. The minimum atomic E-state index is 0.115. The second-order valence-electron chi connectivity index (χ2n) is 6.66. The number of benzene rings is 2. The first-order valence-electron chi connectivity index (χ1n) is 7.66. The van der Waals surface area contributed by atoms with Crippen molar-refractivity contribution in [1.82, 2.24) is 0 Å². The van der Waals surface area contributed by atoms with Crippen molar-refractivity contribution in [2.45, 2.75) is 26.8 Å². The maximum Gasteiger partial charge on any atom is 0.218 e. The fraction of sp³-hybridized carbons (Fsp3) is 0.316.